The van der Waals surface area contributed by atoms with Gasteiger partial charge in [-0.2, -0.15) is 0 Å². The highest BCUT2D eigenvalue weighted by atomic mass is 35.5. The van der Waals surface area contributed by atoms with Gasteiger partial charge in [0.05, 0.1) is 0 Å². The summed E-state index contributed by atoms with van der Waals surface area (Å²) in [6.07, 6.45) is 3.53. The standard InChI is InChI=1S/C25H30ClN3O/c1-3-18-6-5-7-21-23(17-27-25(18)21)22(19-8-10-20(26)11-9-19)16-24(30)29-14-12-28(4-2)13-15-29/h5-11,17,22,27H,3-4,12-16H2,1-2H3/t22-/m0/s1. The Morgan fingerprint density at radius 3 is 2.47 bits per heavy atom. The number of carbonyl (C=O) groups excluding carboxylic acids is 1. The smallest absolute Gasteiger partial charge is 0.223 e. The Morgan fingerprint density at radius 1 is 1.07 bits per heavy atom. The van der Waals surface area contributed by atoms with E-state index >= 15 is 0 Å². The van der Waals surface area contributed by atoms with E-state index in [1.54, 1.807) is 0 Å². The number of benzene rings is 2. The van der Waals surface area contributed by atoms with Crippen molar-refractivity contribution in [3.05, 3.63) is 70.4 Å². The molecule has 30 heavy (non-hydrogen) atoms. The highest BCUT2D eigenvalue weighted by Gasteiger charge is 2.26. The fourth-order valence-electron chi connectivity index (χ4n) is 4.54. The van der Waals surface area contributed by atoms with Crippen molar-refractivity contribution in [2.45, 2.75) is 32.6 Å². The van der Waals surface area contributed by atoms with Crippen molar-refractivity contribution in [3.63, 3.8) is 0 Å². The van der Waals surface area contributed by atoms with Crippen LogP contribution >= 0.6 is 11.6 Å². The number of hydrogen-bond acceptors (Lipinski definition) is 2. The molecular formula is C25H30ClN3O. The Balaban J connectivity index is 1.66. The minimum Gasteiger partial charge on any atom is -0.361 e. The summed E-state index contributed by atoms with van der Waals surface area (Å²) in [5.41, 5.74) is 4.79. The minimum atomic E-state index is -0.000160. The molecule has 2 aromatic carbocycles. The van der Waals surface area contributed by atoms with Crippen molar-refractivity contribution in [2.75, 3.05) is 32.7 Å². The SMILES string of the molecule is CCc1cccc2c([C@@H](CC(=O)N3CCN(CC)CC3)c3ccc(Cl)cc3)c[nH]c12. The second-order valence-electron chi connectivity index (χ2n) is 8.06. The molecule has 3 aromatic rings. The number of aromatic amines is 1. The molecule has 1 N–H and O–H groups in total. The molecule has 1 amide bonds. The first kappa shape index (κ1) is 21.0. The summed E-state index contributed by atoms with van der Waals surface area (Å²) < 4.78 is 0. The summed E-state index contributed by atoms with van der Waals surface area (Å²) in [6, 6.07) is 14.4. The lowest BCUT2D eigenvalue weighted by atomic mass is 9.87. The molecule has 0 radical (unpaired) electrons. The normalized spacial score (nSPS) is 16.2. The predicted octanol–water partition coefficient (Wildman–Crippen LogP) is 5.07. The van der Waals surface area contributed by atoms with E-state index in [0.29, 0.717) is 11.4 Å². The van der Waals surface area contributed by atoms with Crippen molar-refractivity contribution in [3.8, 4) is 0 Å². The molecule has 1 aliphatic rings. The van der Waals surface area contributed by atoms with E-state index in [-0.39, 0.29) is 11.8 Å². The van der Waals surface area contributed by atoms with Crippen LogP contribution in [0.15, 0.2) is 48.7 Å². The van der Waals surface area contributed by atoms with Crippen molar-refractivity contribution in [1.29, 1.82) is 0 Å². The van der Waals surface area contributed by atoms with Gasteiger partial charge in [0.2, 0.25) is 5.91 Å². The summed E-state index contributed by atoms with van der Waals surface area (Å²) >= 11 is 6.14. The van der Waals surface area contributed by atoms with Crippen LogP contribution in [0.2, 0.25) is 5.02 Å². The van der Waals surface area contributed by atoms with E-state index in [0.717, 1.165) is 44.7 Å². The van der Waals surface area contributed by atoms with E-state index in [1.165, 1.54) is 22.0 Å². The molecule has 0 saturated carbocycles. The summed E-state index contributed by atoms with van der Waals surface area (Å²) in [6.45, 7) is 8.94. The third kappa shape index (κ3) is 4.26. The number of para-hydroxylation sites is 1. The summed E-state index contributed by atoms with van der Waals surface area (Å²) in [5.74, 6) is 0.228. The molecule has 1 aliphatic heterocycles. The number of halogens is 1. The molecule has 1 atom stereocenters. The van der Waals surface area contributed by atoms with Crippen molar-refractivity contribution in [1.82, 2.24) is 14.8 Å². The topological polar surface area (TPSA) is 39.3 Å². The number of likely N-dealkylation sites (N-methyl/N-ethyl adjacent to an activating group) is 1. The molecule has 0 spiro atoms. The maximum atomic E-state index is 13.3. The first-order valence-corrected chi connectivity index (χ1v) is 11.3. The zero-order valence-corrected chi connectivity index (χ0v) is 18.6. The maximum absolute atomic E-state index is 13.3. The number of aryl methyl sites for hydroxylation is 1. The van der Waals surface area contributed by atoms with E-state index in [2.05, 4.69) is 60.3 Å². The number of rotatable bonds is 6. The van der Waals surface area contributed by atoms with Gasteiger partial charge in [0.1, 0.15) is 0 Å². The fraction of sp³-hybridized carbons (Fsp3) is 0.400. The number of hydrogen-bond donors (Lipinski definition) is 1. The van der Waals surface area contributed by atoms with Gasteiger partial charge in [-0.1, -0.05) is 55.8 Å². The summed E-state index contributed by atoms with van der Waals surface area (Å²) in [5, 5.41) is 1.92. The highest BCUT2D eigenvalue weighted by molar-refractivity contribution is 6.30. The largest absolute Gasteiger partial charge is 0.361 e. The van der Waals surface area contributed by atoms with Gasteiger partial charge in [-0.05, 0) is 41.8 Å². The average Bonchev–Trinajstić information content (AvgIpc) is 3.22. The van der Waals surface area contributed by atoms with Crippen LogP contribution < -0.4 is 0 Å². The summed E-state index contributed by atoms with van der Waals surface area (Å²) in [4.78, 5) is 21.2. The van der Waals surface area contributed by atoms with Gasteiger partial charge in [0.25, 0.3) is 0 Å². The van der Waals surface area contributed by atoms with Crippen LogP contribution in [0.25, 0.3) is 10.9 Å². The van der Waals surface area contributed by atoms with Gasteiger partial charge in [-0.15, -0.1) is 0 Å². The molecule has 0 aliphatic carbocycles. The second kappa shape index (κ2) is 9.23. The number of aromatic nitrogens is 1. The van der Waals surface area contributed by atoms with Crippen LogP contribution in [0, 0.1) is 0 Å². The molecule has 0 unspecified atom stereocenters. The van der Waals surface area contributed by atoms with Crippen LogP contribution in [0.3, 0.4) is 0 Å². The second-order valence-corrected chi connectivity index (χ2v) is 8.50. The Hall–Kier alpha value is -2.30. The fourth-order valence-corrected chi connectivity index (χ4v) is 4.67. The number of nitrogens with one attached hydrogen (secondary N) is 1. The van der Waals surface area contributed by atoms with E-state index in [4.69, 9.17) is 11.6 Å². The monoisotopic (exact) mass is 423 g/mol. The molecule has 4 nitrogen and oxygen atoms in total. The predicted molar refractivity (Wildman–Crippen MR) is 124 cm³/mol. The lowest BCUT2D eigenvalue weighted by Gasteiger charge is -2.34. The van der Waals surface area contributed by atoms with Crippen molar-refractivity contribution in [2.24, 2.45) is 0 Å². The van der Waals surface area contributed by atoms with Crippen molar-refractivity contribution < 1.29 is 4.79 Å². The molecule has 5 heteroatoms. The van der Waals surface area contributed by atoms with Crippen LogP contribution in [-0.4, -0.2) is 53.4 Å². The van der Waals surface area contributed by atoms with Crippen LogP contribution in [-0.2, 0) is 11.2 Å². The number of amides is 1. The van der Waals surface area contributed by atoms with E-state index in [1.807, 2.05) is 17.0 Å². The minimum absolute atomic E-state index is 0.000160. The number of nitrogens with zero attached hydrogens (tertiary/aromatic N) is 2. The third-order valence-corrected chi connectivity index (χ3v) is 6.67. The first-order chi connectivity index (χ1) is 14.6. The lowest BCUT2D eigenvalue weighted by molar-refractivity contribution is -0.133. The number of H-pyrrole nitrogens is 1. The van der Waals surface area contributed by atoms with E-state index < -0.39 is 0 Å². The van der Waals surface area contributed by atoms with Gasteiger partial charge in [0, 0.05) is 60.6 Å². The number of fused-ring (bicyclic) bond motifs is 1. The molecule has 0 bridgehead atoms. The molecule has 1 aromatic heterocycles. The Kier molecular flexibility index (Phi) is 6.45. The van der Waals surface area contributed by atoms with Gasteiger partial charge in [-0.3, -0.25) is 4.79 Å². The van der Waals surface area contributed by atoms with Gasteiger partial charge >= 0.3 is 0 Å². The molecule has 158 valence electrons. The molecular weight excluding hydrogens is 394 g/mol. The van der Waals surface area contributed by atoms with Gasteiger partial charge < -0.3 is 14.8 Å². The van der Waals surface area contributed by atoms with Gasteiger partial charge in [0.15, 0.2) is 0 Å². The maximum Gasteiger partial charge on any atom is 0.223 e. The Morgan fingerprint density at radius 2 is 1.80 bits per heavy atom. The molecule has 2 heterocycles. The number of carbonyl (C=O) groups is 1. The first-order valence-electron chi connectivity index (χ1n) is 10.9. The molecule has 1 fully saturated rings. The van der Waals surface area contributed by atoms with Crippen LogP contribution in [0.5, 0.6) is 0 Å². The third-order valence-electron chi connectivity index (χ3n) is 6.41. The zero-order chi connectivity index (χ0) is 21.1. The van der Waals surface area contributed by atoms with E-state index in [9.17, 15) is 4.79 Å². The quantitative estimate of drug-likeness (QED) is 0.601. The summed E-state index contributed by atoms with van der Waals surface area (Å²) in [7, 11) is 0. The molecule has 1 saturated heterocycles. The Labute approximate surface area is 183 Å². The van der Waals surface area contributed by atoms with Crippen LogP contribution in [0.4, 0.5) is 0 Å². The van der Waals surface area contributed by atoms with Crippen molar-refractivity contribution >= 4 is 28.4 Å². The lowest BCUT2D eigenvalue weighted by Crippen LogP contribution is -2.48. The zero-order valence-electron chi connectivity index (χ0n) is 17.8. The highest BCUT2D eigenvalue weighted by Crippen LogP contribution is 2.35. The Bertz CT molecular complexity index is 1000. The van der Waals surface area contributed by atoms with Crippen LogP contribution in [0.1, 0.15) is 42.9 Å². The van der Waals surface area contributed by atoms with Gasteiger partial charge in [-0.25, -0.2) is 0 Å². The molecule has 4 rings (SSSR count). The average molecular weight is 424 g/mol. The number of piperazine rings is 1.